The highest BCUT2D eigenvalue weighted by molar-refractivity contribution is 5.89. The van der Waals surface area contributed by atoms with E-state index in [2.05, 4.69) is 15.6 Å². The smallest absolute Gasteiger partial charge is 0.319 e. The van der Waals surface area contributed by atoms with Crippen molar-refractivity contribution >= 4 is 11.7 Å². The van der Waals surface area contributed by atoms with Crippen LogP contribution >= 0.6 is 0 Å². The summed E-state index contributed by atoms with van der Waals surface area (Å²) in [5.41, 5.74) is 2.34. The fraction of sp³-hybridized carbons (Fsp3) is 0.158. The van der Waals surface area contributed by atoms with Gasteiger partial charge in [-0.05, 0) is 36.2 Å². The maximum absolute atomic E-state index is 11.9. The quantitative estimate of drug-likeness (QED) is 0.641. The number of anilines is 1. The van der Waals surface area contributed by atoms with E-state index in [9.17, 15) is 9.90 Å². The van der Waals surface area contributed by atoms with Gasteiger partial charge in [-0.3, -0.25) is 0 Å². The number of nitrogens with zero attached hydrogens (tertiary/aromatic N) is 1. The lowest BCUT2D eigenvalue weighted by Gasteiger charge is -2.12. The van der Waals surface area contributed by atoms with Gasteiger partial charge in [-0.2, -0.15) is 0 Å². The van der Waals surface area contributed by atoms with Gasteiger partial charge in [0.25, 0.3) is 0 Å². The molecule has 3 N–H and O–H groups in total. The van der Waals surface area contributed by atoms with Crippen LogP contribution in [0.1, 0.15) is 18.1 Å². The van der Waals surface area contributed by atoms with Crippen LogP contribution in [0.4, 0.5) is 10.5 Å². The highest BCUT2D eigenvalue weighted by atomic mass is 16.3. The van der Waals surface area contributed by atoms with Crippen molar-refractivity contribution in [2.24, 2.45) is 0 Å². The SMILES string of the molecule is O=C(NCCC(O)c1ccccc1)Nc1ccc(-c2ncco2)cc1. The van der Waals surface area contributed by atoms with Crippen LogP contribution in [0, 0.1) is 0 Å². The van der Waals surface area contributed by atoms with Crippen molar-refractivity contribution in [3.05, 3.63) is 72.6 Å². The van der Waals surface area contributed by atoms with Gasteiger partial charge in [-0.25, -0.2) is 9.78 Å². The van der Waals surface area contributed by atoms with Gasteiger partial charge in [0, 0.05) is 17.8 Å². The van der Waals surface area contributed by atoms with Crippen molar-refractivity contribution in [2.75, 3.05) is 11.9 Å². The first-order valence-electron chi connectivity index (χ1n) is 8.00. The van der Waals surface area contributed by atoms with Crippen LogP contribution in [-0.4, -0.2) is 22.7 Å². The number of nitrogens with one attached hydrogen (secondary N) is 2. The molecular formula is C19H19N3O3. The Kier molecular flexibility index (Phi) is 5.43. The Morgan fingerprint density at radius 1 is 1.12 bits per heavy atom. The Morgan fingerprint density at radius 2 is 1.88 bits per heavy atom. The third-order valence-corrected chi connectivity index (χ3v) is 3.71. The fourth-order valence-electron chi connectivity index (χ4n) is 2.40. The summed E-state index contributed by atoms with van der Waals surface area (Å²) in [6, 6.07) is 16.2. The first-order valence-corrected chi connectivity index (χ1v) is 8.00. The number of aliphatic hydroxyl groups is 1. The topological polar surface area (TPSA) is 87.4 Å². The summed E-state index contributed by atoms with van der Waals surface area (Å²) in [6.45, 7) is 0.371. The molecule has 6 nitrogen and oxygen atoms in total. The molecule has 128 valence electrons. The first-order chi connectivity index (χ1) is 12.2. The van der Waals surface area contributed by atoms with Crippen LogP contribution in [0.15, 0.2) is 71.5 Å². The van der Waals surface area contributed by atoms with E-state index in [-0.39, 0.29) is 6.03 Å². The molecule has 0 aliphatic rings. The van der Waals surface area contributed by atoms with E-state index >= 15 is 0 Å². The van der Waals surface area contributed by atoms with E-state index in [4.69, 9.17) is 4.42 Å². The lowest BCUT2D eigenvalue weighted by molar-refractivity contribution is 0.167. The number of carbonyl (C=O) groups excluding carboxylic acids is 1. The van der Waals surface area contributed by atoms with E-state index in [1.54, 1.807) is 18.3 Å². The van der Waals surface area contributed by atoms with Crippen molar-refractivity contribution in [3.8, 4) is 11.5 Å². The third kappa shape index (κ3) is 4.68. The molecule has 6 heteroatoms. The van der Waals surface area contributed by atoms with Gasteiger partial charge in [0.2, 0.25) is 5.89 Å². The van der Waals surface area contributed by atoms with E-state index in [0.717, 1.165) is 11.1 Å². The minimum atomic E-state index is -0.596. The highest BCUT2D eigenvalue weighted by Crippen LogP contribution is 2.19. The predicted octanol–water partition coefficient (Wildman–Crippen LogP) is 3.59. The van der Waals surface area contributed by atoms with Crippen molar-refractivity contribution in [2.45, 2.75) is 12.5 Å². The molecule has 1 heterocycles. The molecule has 0 spiro atoms. The van der Waals surface area contributed by atoms with Crippen LogP contribution < -0.4 is 10.6 Å². The average molecular weight is 337 g/mol. The molecule has 0 saturated carbocycles. The second-order valence-corrected chi connectivity index (χ2v) is 5.51. The van der Waals surface area contributed by atoms with E-state index in [1.807, 2.05) is 42.5 Å². The number of aliphatic hydroxyl groups excluding tert-OH is 1. The number of oxazole rings is 1. The Bertz CT molecular complexity index is 787. The number of hydrogen-bond donors (Lipinski definition) is 3. The summed E-state index contributed by atoms with van der Waals surface area (Å²) in [5, 5.41) is 15.5. The highest BCUT2D eigenvalue weighted by Gasteiger charge is 2.08. The Hall–Kier alpha value is -3.12. The molecular weight excluding hydrogens is 318 g/mol. The standard InChI is InChI=1S/C19H19N3O3/c23-17(14-4-2-1-3-5-14)10-11-21-19(24)22-16-8-6-15(7-9-16)18-20-12-13-25-18/h1-9,12-13,17,23H,10-11H2,(H2,21,22,24). The number of amides is 2. The molecule has 1 aromatic heterocycles. The normalized spacial score (nSPS) is 11.7. The summed E-state index contributed by atoms with van der Waals surface area (Å²) < 4.78 is 5.22. The lowest BCUT2D eigenvalue weighted by atomic mass is 10.1. The summed E-state index contributed by atoms with van der Waals surface area (Å²) in [5.74, 6) is 0.533. The van der Waals surface area contributed by atoms with Crippen molar-refractivity contribution in [1.29, 1.82) is 0 Å². The summed E-state index contributed by atoms with van der Waals surface area (Å²) >= 11 is 0. The van der Waals surface area contributed by atoms with E-state index < -0.39 is 6.10 Å². The van der Waals surface area contributed by atoms with Gasteiger partial charge in [0.1, 0.15) is 6.26 Å². The Morgan fingerprint density at radius 3 is 2.56 bits per heavy atom. The Labute approximate surface area is 145 Å². The molecule has 1 unspecified atom stereocenters. The number of urea groups is 1. The van der Waals surface area contributed by atoms with Crippen LogP contribution in [-0.2, 0) is 0 Å². The molecule has 0 radical (unpaired) electrons. The zero-order valence-corrected chi connectivity index (χ0v) is 13.6. The first kappa shape index (κ1) is 16.7. The molecule has 25 heavy (non-hydrogen) atoms. The van der Waals surface area contributed by atoms with Crippen LogP contribution in [0.5, 0.6) is 0 Å². The molecule has 3 rings (SSSR count). The molecule has 0 aliphatic heterocycles. The van der Waals surface area contributed by atoms with Gasteiger partial charge in [0.05, 0.1) is 12.3 Å². The van der Waals surface area contributed by atoms with Crippen LogP contribution in [0.3, 0.4) is 0 Å². The zero-order chi connectivity index (χ0) is 17.5. The minimum absolute atomic E-state index is 0.316. The monoisotopic (exact) mass is 337 g/mol. The average Bonchev–Trinajstić information content (AvgIpc) is 3.18. The summed E-state index contributed by atoms with van der Waals surface area (Å²) in [6.07, 6.45) is 2.94. The number of rotatable bonds is 6. The molecule has 0 bridgehead atoms. The Balaban J connectivity index is 1.45. The zero-order valence-electron chi connectivity index (χ0n) is 13.6. The molecule has 0 saturated heterocycles. The lowest BCUT2D eigenvalue weighted by Crippen LogP contribution is -2.30. The molecule has 0 fully saturated rings. The molecule has 2 aromatic carbocycles. The molecule has 2 amide bonds. The molecule has 1 atom stereocenters. The van der Waals surface area contributed by atoms with E-state index in [0.29, 0.717) is 24.5 Å². The van der Waals surface area contributed by atoms with Crippen LogP contribution in [0.2, 0.25) is 0 Å². The van der Waals surface area contributed by atoms with Gasteiger partial charge in [-0.1, -0.05) is 30.3 Å². The van der Waals surface area contributed by atoms with Crippen molar-refractivity contribution in [3.63, 3.8) is 0 Å². The van der Waals surface area contributed by atoms with Gasteiger partial charge in [0.15, 0.2) is 0 Å². The maximum atomic E-state index is 11.9. The fourth-order valence-corrected chi connectivity index (χ4v) is 2.40. The van der Waals surface area contributed by atoms with Gasteiger partial charge in [-0.15, -0.1) is 0 Å². The maximum Gasteiger partial charge on any atom is 0.319 e. The minimum Gasteiger partial charge on any atom is -0.445 e. The van der Waals surface area contributed by atoms with Gasteiger partial charge < -0.3 is 20.2 Å². The molecule has 0 aliphatic carbocycles. The van der Waals surface area contributed by atoms with Crippen molar-refractivity contribution in [1.82, 2.24) is 10.3 Å². The second kappa shape index (κ2) is 8.12. The van der Waals surface area contributed by atoms with Crippen LogP contribution in [0.25, 0.3) is 11.5 Å². The van der Waals surface area contributed by atoms with E-state index in [1.165, 1.54) is 6.26 Å². The number of aromatic nitrogens is 1. The summed E-state index contributed by atoms with van der Waals surface area (Å²) in [4.78, 5) is 16.0. The summed E-state index contributed by atoms with van der Waals surface area (Å²) in [7, 11) is 0. The number of benzene rings is 2. The predicted molar refractivity (Wildman–Crippen MR) is 95.0 cm³/mol. The number of carbonyl (C=O) groups is 1. The molecule has 3 aromatic rings. The van der Waals surface area contributed by atoms with Crippen molar-refractivity contribution < 1.29 is 14.3 Å². The third-order valence-electron chi connectivity index (χ3n) is 3.71. The van der Waals surface area contributed by atoms with Gasteiger partial charge >= 0.3 is 6.03 Å². The largest absolute Gasteiger partial charge is 0.445 e. The number of hydrogen-bond acceptors (Lipinski definition) is 4. The second-order valence-electron chi connectivity index (χ2n) is 5.51.